The number of piperazine rings is 1. The fourth-order valence-electron chi connectivity index (χ4n) is 3.48. The van der Waals surface area contributed by atoms with Crippen LogP contribution in [0, 0.1) is 0 Å². The third-order valence-corrected chi connectivity index (χ3v) is 5.70. The number of anilines is 1. The number of nitrogens with zero attached hydrogens (tertiary/aromatic N) is 4. The van der Waals surface area contributed by atoms with Gasteiger partial charge < -0.3 is 19.9 Å². The van der Waals surface area contributed by atoms with Gasteiger partial charge in [0.1, 0.15) is 12.4 Å². The number of rotatable bonds is 6. The first-order valence-electron chi connectivity index (χ1n) is 10.6. The molecule has 9 heteroatoms. The van der Waals surface area contributed by atoms with E-state index in [1.807, 2.05) is 37.4 Å². The molecule has 0 bridgehead atoms. The average Bonchev–Trinajstić information content (AvgIpc) is 2.84. The number of ether oxygens (including phenoxy) is 1. The number of halogens is 1. The second-order valence-electron chi connectivity index (χ2n) is 7.76. The first kappa shape index (κ1) is 22.7. The number of carbonyl (C=O) groups excluding carboxylic acids is 2. The fraction of sp³-hybridized carbons (Fsp3) is 0.250. The predicted octanol–water partition coefficient (Wildman–Crippen LogP) is 3.35. The third kappa shape index (κ3) is 5.66. The van der Waals surface area contributed by atoms with Crippen molar-refractivity contribution in [3.63, 3.8) is 0 Å². The highest BCUT2D eigenvalue weighted by Crippen LogP contribution is 2.30. The van der Waals surface area contributed by atoms with Crippen LogP contribution in [0.3, 0.4) is 0 Å². The van der Waals surface area contributed by atoms with Crippen LogP contribution in [0.1, 0.15) is 26.3 Å². The lowest BCUT2D eigenvalue weighted by Gasteiger charge is -2.32. The van der Waals surface area contributed by atoms with Gasteiger partial charge in [0.2, 0.25) is 0 Å². The minimum atomic E-state index is -0.459. The summed E-state index contributed by atoms with van der Waals surface area (Å²) in [6.45, 7) is 3.04. The van der Waals surface area contributed by atoms with Crippen molar-refractivity contribution < 1.29 is 14.3 Å². The summed E-state index contributed by atoms with van der Waals surface area (Å²) in [6.07, 6.45) is 1.51. The normalized spacial score (nSPS) is 14.1. The molecule has 1 aliphatic heterocycles. The number of carbonyl (C=O) groups is 2. The Kier molecular flexibility index (Phi) is 7.16. The molecule has 2 aromatic carbocycles. The zero-order valence-electron chi connectivity index (χ0n) is 18.2. The summed E-state index contributed by atoms with van der Waals surface area (Å²) in [5.74, 6) is -0.0788. The molecule has 2 amide bonds. The predicted molar refractivity (Wildman–Crippen MR) is 126 cm³/mol. The summed E-state index contributed by atoms with van der Waals surface area (Å²) in [7, 11) is 2.02. The van der Waals surface area contributed by atoms with Crippen molar-refractivity contribution in [2.75, 3.05) is 38.5 Å². The maximum atomic E-state index is 13.2. The minimum Gasteiger partial charge on any atom is -0.488 e. The van der Waals surface area contributed by atoms with Gasteiger partial charge in [0.15, 0.2) is 5.82 Å². The molecule has 1 fully saturated rings. The van der Waals surface area contributed by atoms with Crippen molar-refractivity contribution in [1.29, 1.82) is 0 Å². The van der Waals surface area contributed by atoms with E-state index in [9.17, 15) is 9.59 Å². The van der Waals surface area contributed by atoms with Crippen LogP contribution in [0.15, 0.2) is 60.8 Å². The molecule has 3 aromatic rings. The number of likely N-dealkylation sites (N-methyl/N-ethyl adjacent to an activating group) is 1. The zero-order chi connectivity index (χ0) is 23.2. The smallest absolute Gasteiger partial charge is 0.260 e. The van der Waals surface area contributed by atoms with Crippen molar-refractivity contribution in [2.45, 2.75) is 6.61 Å². The molecular formula is C24H24ClN5O3. The lowest BCUT2D eigenvalue weighted by atomic mass is 10.1. The number of hydrogen-bond acceptors (Lipinski definition) is 6. The average molecular weight is 466 g/mol. The van der Waals surface area contributed by atoms with Gasteiger partial charge in [-0.25, -0.2) is 0 Å². The van der Waals surface area contributed by atoms with E-state index >= 15 is 0 Å². The summed E-state index contributed by atoms with van der Waals surface area (Å²) in [4.78, 5) is 30.1. The molecule has 4 rings (SSSR count). The molecule has 33 heavy (non-hydrogen) atoms. The number of aromatic nitrogens is 2. The van der Waals surface area contributed by atoms with Crippen molar-refractivity contribution in [3.8, 4) is 5.75 Å². The van der Waals surface area contributed by atoms with Gasteiger partial charge in [-0.3, -0.25) is 9.59 Å². The molecule has 0 saturated carbocycles. The van der Waals surface area contributed by atoms with Crippen LogP contribution in [0.2, 0.25) is 5.02 Å². The molecule has 1 N–H and O–H groups in total. The van der Waals surface area contributed by atoms with Crippen molar-refractivity contribution in [2.24, 2.45) is 0 Å². The first-order valence-corrected chi connectivity index (χ1v) is 11.0. The lowest BCUT2D eigenvalue weighted by molar-refractivity contribution is 0.0663. The van der Waals surface area contributed by atoms with Crippen LogP contribution in [0.4, 0.5) is 5.82 Å². The molecule has 0 unspecified atom stereocenters. The van der Waals surface area contributed by atoms with Crippen molar-refractivity contribution in [1.82, 2.24) is 20.0 Å². The molecular weight excluding hydrogens is 442 g/mol. The van der Waals surface area contributed by atoms with Crippen LogP contribution < -0.4 is 10.1 Å². The summed E-state index contributed by atoms with van der Waals surface area (Å²) >= 11 is 6.49. The maximum absolute atomic E-state index is 13.2. The minimum absolute atomic E-state index is 0.182. The van der Waals surface area contributed by atoms with Crippen LogP contribution in [-0.2, 0) is 6.61 Å². The van der Waals surface area contributed by atoms with Gasteiger partial charge in [-0.2, -0.15) is 5.10 Å². The molecule has 0 aliphatic carbocycles. The topological polar surface area (TPSA) is 87.7 Å². The Balaban J connectivity index is 1.63. The van der Waals surface area contributed by atoms with Gasteiger partial charge in [0.25, 0.3) is 11.8 Å². The maximum Gasteiger partial charge on any atom is 0.260 e. The number of amides is 2. The number of benzene rings is 2. The van der Waals surface area contributed by atoms with E-state index in [0.29, 0.717) is 24.5 Å². The second-order valence-corrected chi connectivity index (χ2v) is 8.17. The number of nitrogens with one attached hydrogen (secondary N) is 1. The summed E-state index contributed by atoms with van der Waals surface area (Å²) in [5, 5.41) is 10.5. The molecule has 1 aliphatic rings. The Bertz CT molecular complexity index is 1120. The van der Waals surface area contributed by atoms with Gasteiger partial charge in [-0.1, -0.05) is 41.9 Å². The Morgan fingerprint density at radius 2 is 1.79 bits per heavy atom. The van der Waals surface area contributed by atoms with E-state index in [4.69, 9.17) is 16.3 Å². The van der Waals surface area contributed by atoms with Crippen LogP contribution >= 0.6 is 11.6 Å². The SMILES string of the molecule is CN1CCN(C(=O)c2cc(OCc3ccccc3)c(C(=O)Nc3cccnn3)cc2Cl)CC1. The molecule has 0 atom stereocenters. The van der Waals surface area contributed by atoms with Gasteiger partial charge in [-0.15, -0.1) is 5.10 Å². The van der Waals surface area contributed by atoms with E-state index in [-0.39, 0.29) is 28.8 Å². The number of hydrogen-bond donors (Lipinski definition) is 1. The molecule has 2 heterocycles. The molecule has 0 spiro atoms. The van der Waals surface area contributed by atoms with Gasteiger partial charge in [0, 0.05) is 32.4 Å². The molecule has 0 radical (unpaired) electrons. The monoisotopic (exact) mass is 465 g/mol. The van der Waals surface area contributed by atoms with Crippen LogP contribution in [-0.4, -0.2) is 65.0 Å². The Labute approximate surface area is 197 Å². The van der Waals surface area contributed by atoms with Crippen molar-refractivity contribution in [3.05, 3.63) is 82.5 Å². The largest absolute Gasteiger partial charge is 0.488 e. The van der Waals surface area contributed by atoms with E-state index in [1.165, 1.54) is 12.3 Å². The summed E-state index contributed by atoms with van der Waals surface area (Å²) in [6, 6.07) is 15.9. The van der Waals surface area contributed by atoms with E-state index in [2.05, 4.69) is 20.4 Å². The highest BCUT2D eigenvalue weighted by atomic mass is 35.5. The molecule has 170 valence electrons. The van der Waals surface area contributed by atoms with Gasteiger partial charge >= 0.3 is 0 Å². The van der Waals surface area contributed by atoms with Gasteiger partial charge in [-0.05, 0) is 36.9 Å². The van der Waals surface area contributed by atoms with E-state index in [0.717, 1.165) is 18.7 Å². The quantitative estimate of drug-likeness (QED) is 0.600. The highest BCUT2D eigenvalue weighted by Gasteiger charge is 2.25. The molecule has 1 aromatic heterocycles. The van der Waals surface area contributed by atoms with E-state index in [1.54, 1.807) is 23.1 Å². The van der Waals surface area contributed by atoms with Gasteiger partial charge in [0.05, 0.1) is 16.1 Å². The Morgan fingerprint density at radius 3 is 2.48 bits per heavy atom. The first-order chi connectivity index (χ1) is 16.0. The fourth-order valence-corrected chi connectivity index (χ4v) is 3.73. The Morgan fingerprint density at radius 1 is 1.03 bits per heavy atom. The zero-order valence-corrected chi connectivity index (χ0v) is 19.0. The standard InChI is InChI=1S/C24H24ClN5O3/c1-29-10-12-30(13-11-29)24(32)18-15-21(33-16-17-6-3-2-4-7-17)19(14-20(18)25)23(31)27-22-8-5-9-26-28-22/h2-9,14-15H,10-13,16H2,1H3,(H,27,28,31). The highest BCUT2D eigenvalue weighted by molar-refractivity contribution is 6.34. The third-order valence-electron chi connectivity index (χ3n) is 5.39. The van der Waals surface area contributed by atoms with Crippen LogP contribution in [0.25, 0.3) is 0 Å². The lowest BCUT2D eigenvalue weighted by Crippen LogP contribution is -2.47. The summed E-state index contributed by atoms with van der Waals surface area (Å²) < 4.78 is 6.00. The summed E-state index contributed by atoms with van der Waals surface area (Å²) in [5.41, 5.74) is 1.44. The molecule has 1 saturated heterocycles. The van der Waals surface area contributed by atoms with Crippen LogP contribution in [0.5, 0.6) is 5.75 Å². The van der Waals surface area contributed by atoms with E-state index < -0.39 is 5.91 Å². The van der Waals surface area contributed by atoms with Crippen molar-refractivity contribution >= 4 is 29.2 Å². The Hall–Kier alpha value is -3.49. The molecule has 8 nitrogen and oxygen atoms in total. The second kappa shape index (κ2) is 10.4.